The normalized spacial score (nSPS) is 12.8. The van der Waals surface area contributed by atoms with E-state index in [2.05, 4.69) is 5.32 Å². The molecule has 0 saturated heterocycles. The largest absolute Gasteiger partial charge is 0.497 e. The van der Waals surface area contributed by atoms with E-state index in [0.29, 0.717) is 5.75 Å². The molecule has 0 saturated carbocycles. The Morgan fingerprint density at radius 3 is 2.16 bits per heavy atom. The summed E-state index contributed by atoms with van der Waals surface area (Å²) in [5, 5.41) is 2.72. The second kappa shape index (κ2) is 7.59. The van der Waals surface area contributed by atoms with Crippen LogP contribution in [0.25, 0.3) is 0 Å². The number of carbonyl (C=O) groups excluding carboxylic acids is 1. The van der Waals surface area contributed by atoms with Crippen LogP contribution in [0, 0.1) is 5.92 Å². The van der Waals surface area contributed by atoms with Crippen molar-refractivity contribution in [3.05, 3.63) is 65.2 Å². The van der Waals surface area contributed by atoms with Crippen molar-refractivity contribution in [2.24, 2.45) is 5.92 Å². The van der Waals surface area contributed by atoms with Gasteiger partial charge in [0.1, 0.15) is 5.75 Å². The lowest BCUT2D eigenvalue weighted by molar-refractivity contribution is -0.137. The minimum absolute atomic E-state index is 0.00426. The Morgan fingerprint density at radius 2 is 1.64 bits per heavy atom. The summed E-state index contributed by atoms with van der Waals surface area (Å²) in [6, 6.07) is 11.4. The molecule has 0 aliphatic heterocycles. The number of rotatable bonds is 5. The van der Waals surface area contributed by atoms with Gasteiger partial charge < -0.3 is 10.1 Å². The summed E-state index contributed by atoms with van der Waals surface area (Å²) < 4.78 is 44.5. The zero-order valence-electron chi connectivity index (χ0n) is 14.2. The van der Waals surface area contributed by atoms with E-state index in [1.807, 2.05) is 13.8 Å². The number of benzene rings is 2. The van der Waals surface area contributed by atoms with Gasteiger partial charge in [0.15, 0.2) is 0 Å². The van der Waals surface area contributed by atoms with Gasteiger partial charge in [0, 0.05) is 0 Å². The van der Waals surface area contributed by atoms with Crippen LogP contribution in [0.15, 0.2) is 48.5 Å². The lowest BCUT2D eigenvalue weighted by Crippen LogP contribution is -2.33. The van der Waals surface area contributed by atoms with E-state index < -0.39 is 23.7 Å². The Balaban J connectivity index is 2.30. The van der Waals surface area contributed by atoms with E-state index in [1.54, 1.807) is 31.4 Å². The number of halogens is 3. The second-order valence-corrected chi connectivity index (χ2v) is 6.01. The minimum Gasteiger partial charge on any atom is -0.497 e. The molecule has 134 valence electrons. The van der Waals surface area contributed by atoms with Crippen LogP contribution >= 0.6 is 0 Å². The second-order valence-electron chi connectivity index (χ2n) is 6.01. The summed E-state index contributed by atoms with van der Waals surface area (Å²) in [5.41, 5.74) is -0.521. The predicted octanol–water partition coefficient (Wildman–Crippen LogP) is 4.84. The van der Waals surface area contributed by atoms with Crippen LogP contribution < -0.4 is 10.1 Å². The molecule has 2 aromatic rings. The standard InChI is InChI=1S/C19H20F3NO2/c1-12(2)17(13-8-10-14(25-3)11-9-13)23-18(24)15-6-4-5-7-16(15)19(20,21)22/h4-12,17H,1-3H3,(H,23,24). The number of amides is 1. The average molecular weight is 351 g/mol. The molecule has 1 N–H and O–H groups in total. The topological polar surface area (TPSA) is 38.3 Å². The maximum atomic E-state index is 13.1. The summed E-state index contributed by atoms with van der Waals surface area (Å²) in [6.45, 7) is 3.79. The summed E-state index contributed by atoms with van der Waals surface area (Å²) in [5.74, 6) is -0.0853. The molecule has 0 aliphatic carbocycles. The van der Waals surface area contributed by atoms with Crippen molar-refractivity contribution in [1.29, 1.82) is 0 Å². The Morgan fingerprint density at radius 1 is 1.04 bits per heavy atom. The van der Waals surface area contributed by atoms with Crippen molar-refractivity contribution >= 4 is 5.91 Å². The molecule has 3 nitrogen and oxygen atoms in total. The maximum absolute atomic E-state index is 13.1. The number of ether oxygens (including phenoxy) is 1. The van der Waals surface area contributed by atoms with Crippen LogP contribution in [-0.2, 0) is 6.18 Å². The van der Waals surface area contributed by atoms with Gasteiger partial charge in [0.2, 0.25) is 0 Å². The van der Waals surface area contributed by atoms with Gasteiger partial charge in [0.05, 0.1) is 24.3 Å². The maximum Gasteiger partial charge on any atom is 0.417 e. The monoisotopic (exact) mass is 351 g/mol. The molecule has 0 heterocycles. The molecule has 25 heavy (non-hydrogen) atoms. The van der Waals surface area contributed by atoms with Crippen LogP contribution in [0.3, 0.4) is 0 Å². The predicted molar refractivity (Wildman–Crippen MR) is 89.5 cm³/mol. The van der Waals surface area contributed by atoms with Gasteiger partial charge in [-0.15, -0.1) is 0 Å². The van der Waals surface area contributed by atoms with Crippen LogP contribution in [0.5, 0.6) is 5.75 Å². The molecule has 0 radical (unpaired) electrons. The molecule has 0 aliphatic rings. The molecule has 2 aromatic carbocycles. The molecular formula is C19H20F3NO2. The van der Waals surface area contributed by atoms with Gasteiger partial charge in [-0.05, 0) is 35.7 Å². The van der Waals surface area contributed by atoms with E-state index in [1.165, 1.54) is 18.2 Å². The highest BCUT2D eigenvalue weighted by atomic mass is 19.4. The van der Waals surface area contributed by atoms with Crippen molar-refractivity contribution in [2.45, 2.75) is 26.1 Å². The molecule has 6 heteroatoms. The van der Waals surface area contributed by atoms with Gasteiger partial charge in [-0.3, -0.25) is 4.79 Å². The fraction of sp³-hybridized carbons (Fsp3) is 0.316. The Kier molecular flexibility index (Phi) is 5.72. The van der Waals surface area contributed by atoms with Crippen molar-refractivity contribution < 1.29 is 22.7 Å². The van der Waals surface area contributed by atoms with Crippen molar-refractivity contribution in [2.75, 3.05) is 7.11 Å². The van der Waals surface area contributed by atoms with E-state index in [0.717, 1.165) is 11.6 Å². The van der Waals surface area contributed by atoms with Gasteiger partial charge in [-0.2, -0.15) is 13.2 Å². The van der Waals surface area contributed by atoms with E-state index in [9.17, 15) is 18.0 Å². The Labute approximate surface area is 144 Å². The number of hydrogen-bond acceptors (Lipinski definition) is 2. The van der Waals surface area contributed by atoms with Crippen LogP contribution in [-0.4, -0.2) is 13.0 Å². The van der Waals surface area contributed by atoms with E-state index in [4.69, 9.17) is 4.74 Å². The summed E-state index contributed by atoms with van der Waals surface area (Å²) in [7, 11) is 1.55. The highest BCUT2D eigenvalue weighted by molar-refractivity contribution is 5.96. The number of nitrogens with one attached hydrogen (secondary N) is 1. The summed E-state index contributed by atoms with van der Waals surface area (Å²) in [6.07, 6.45) is -4.58. The Bertz CT molecular complexity index is 724. The zero-order valence-corrected chi connectivity index (χ0v) is 14.2. The quantitative estimate of drug-likeness (QED) is 0.837. The van der Waals surface area contributed by atoms with Crippen LogP contribution in [0.1, 0.15) is 41.4 Å². The van der Waals surface area contributed by atoms with Crippen molar-refractivity contribution in [1.82, 2.24) is 5.32 Å². The van der Waals surface area contributed by atoms with Gasteiger partial charge >= 0.3 is 6.18 Å². The Hall–Kier alpha value is -2.50. The SMILES string of the molecule is COc1ccc(C(NC(=O)c2ccccc2C(F)(F)F)C(C)C)cc1. The molecule has 0 bridgehead atoms. The number of methoxy groups -OCH3 is 1. The first kappa shape index (κ1) is 18.8. The number of alkyl halides is 3. The summed E-state index contributed by atoms with van der Waals surface area (Å²) >= 11 is 0. The third-order valence-electron chi connectivity index (χ3n) is 3.91. The lowest BCUT2D eigenvalue weighted by atomic mass is 9.95. The van der Waals surface area contributed by atoms with Gasteiger partial charge in [-0.1, -0.05) is 38.1 Å². The highest BCUT2D eigenvalue weighted by Crippen LogP contribution is 2.32. The smallest absolute Gasteiger partial charge is 0.417 e. The van der Waals surface area contributed by atoms with Crippen LogP contribution in [0.4, 0.5) is 13.2 Å². The van der Waals surface area contributed by atoms with Crippen molar-refractivity contribution in [3.63, 3.8) is 0 Å². The van der Waals surface area contributed by atoms with E-state index in [-0.39, 0.29) is 11.5 Å². The van der Waals surface area contributed by atoms with Gasteiger partial charge in [-0.25, -0.2) is 0 Å². The third-order valence-corrected chi connectivity index (χ3v) is 3.91. The number of hydrogen-bond donors (Lipinski definition) is 1. The first-order valence-electron chi connectivity index (χ1n) is 7.85. The molecule has 0 aromatic heterocycles. The first-order chi connectivity index (χ1) is 11.7. The molecule has 2 rings (SSSR count). The average Bonchev–Trinajstić information content (AvgIpc) is 2.58. The first-order valence-corrected chi connectivity index (χ1v) is 7.85. The molecule has 1 amide bonds. The van der Waals surface area contributed by atoms with Gasteiger partial charge in [0.25, 0.3) is 5.91 Å². The molecule has 0 fully saturated rings. The fourth-order valence-electron chi connectivity index (χ4n) is 2.59. The van der Waals surface area contributed by atoms with E-state index >= 15 is 0 Å². The van der Waals surface area contributed by atoms with Crippen LogP contribution in [0.2, 0.25) is 0 Å². The molecular weight excluding hydrogens is 331 g/mol. The summed E-state index contributed by atoms with van der Waals surface area (Å²) in [4.78, 5) is 12.5. The fourth-order valence-corrected chi connectivity index (χ4v) is 2.59. The van der Waals surface area contributed by atoms with Crippen molar-refractivity contribution in [3.8, 4) is 5.75 Å². The molecule has 1 unspecified atom stereocenters. The minimum atomic E-state index is -4.58. The molecule has 0 spiro atoms. The highest BCUT2D eigenvalue weighted by Gasteiger charge is 2.35. The third kappa shape index (κ3) is 4.53. The molecule has 1 atom stereocenters. The zero-order chi connectivity index (χ0) is 18.6. The lowest BCUT2D eigenvalue weighted by Gasteiger charge is -2.24. The number of carbonyl (C=O) groups is 1.